The van der Waals surface area contributed by atoms with Crippen LogP contribution < -0.4 is 10.6 Å². The van der Waals surface area contributed by atoms with E-state index in [0.29, 0.717) is 12.2 Å². The van der Waals surface area contributed by atoms with Crippen LogP contribution in [-0.2, 0) is 22.6 Å². The molecule has 6 heteroatoms. The van der Waals surface area contributed by atoms with Crippen molar-refractivity contribution in [3.8, 4) is 0 Å². The lowest BCUT2D eigenvalue weighted by molar-refractivity contribution is -0.136. The average Bonchev–Trinajstić information content (AvgIpc) is 3.30. The topological polar surface area (TPSA) is 61.4 Å². The molecule has 2 N–H and O–H groups in total. The van der Waals surface area contributed by atoms with E-state index < -0.39 is 11.8 Å². The van der Waals surface area contributed by atoms with Crippen LogP contribution in [0, 0.1) is 13.8 Å². The zero-order valence-corrected chi connectivity index (χ0v) is 18.7. The molecule has 0 radical (unpaired) electrons. The number of fused-ring (bicyclic) bond motifs is 1. The van der Waals surface area contributed by atoms with Gasteiger partial charge in [0, 0.05) is 30.2 Å². The first-order valence-electron chi connectivity index (χ1n) is 10.5. The summed E-state index contributed by atoms with van der Waals surface area (Å²) in [7, 11) is 0. The fourth-order valence-corrected chi connectivity index (χ4v) is 4.94. The summed E-state index contributed by atoms with van der Waals surface area (Å²) in [5, 5.41) is 7.63. The monoisotopic (exact) mass is 433 g/mol. The van der Waals surface area contributed by atoms with Crippen LogP contribution in [-0.4, -0.2) is 29.8 Å². The molecule has 2 aromatic carbocycles. The molecule has 4 rings (SSSR count). The van der Waals surface area contributed by atoms with Crippen LogP contribution in [0.1, 0.15) is 33.2 Å². The third-order valence-electron chi connectivity index (χ3n) is 5.76. The normalized spacial score (nSPS) is 14.5. The van der Waals surface area contributed by atoms with E-state index in [-0.39, 0.29) is 6.04 Å². The Hall–Kier alpha value is -2.96. The number of anilines is 1. The van der Waals surface area contributed by atoms with Crippen molar-refractivity contribution < 1.29 is 9.59 Å². The highest BCUT2D eigenvalue weighted by Gasteiger charge is 2.27. The molecule has 1 aliphatic heterocycles. The predicted octanol–water partition coefficient (Wildman–Crippen LogP) is 4.22. The number of aryl methyl sites for hydroxylation is 2. The van der Waals surface area contributed by atoms with Crippen molar-refractivity contribution in [1.29, 1.82) is 0 Å². The van der Waals surface area contributed by atoms with Gasteiger partial charge in [-0.15, -0.1) is 11.3 Å². The first-order chi connectivity index (χ1) is 15.0. The van der Waals surface area contributed by atoms with Gasteiger partial charge in [-0.05, 0) is 54.5 Å². The molecule has 0 spiro atoms. The summed E-state index contributed by atoms with van der Waals surface area (Å²) in [5.41, 5.74) is 5.43. The van der Waals surface area contributed by atoms with E-state index in [0.717, 1.165) is 30.6 Å². The Morgan fingerprint density at radius 2 is 1.84 bits per heavy atom. The molecule has 1 atom stereocenters. The van der Waals surface area contributed by atoms with Crippen molar-refractivity contribution in [2.24, 2.45) is 0 Å². The first-order valence-corrected chi connectivity index (χ1v) is 11.4. The van der Waals surface area contributed by atoms with Gasteiger partial charge in [0.25, 0.3) is 0 Å². The summed E-state index contributed by atoms with van der Waals surface area (Å²) in [6.45, 7) is 6.06. The molecule has 0 unspecified atom stereocenters. The lowest BCUT2D eigenvalue weighted by Gasteiger charge is -2.35. The second-order valence-electron chi connectivity index (χ2n) is 8.00. The predicted molar refractivity (Wildman–Crippen MR) is 125 cm³/mol. The molecule has 2 amide bonds. The molecular formula is C25H27N3O2S. The summed E-state index contributed by atoms with van der Waals surface area (Å²) in [5.74, 6) is -1.25. The van der Waals surface area contributed by atoms with Crippen molar-refractivity contribution in [3.05, 3.63) is 87.1 Å². The quantitative estimate of drug-likeness (QED) is 0.593. The molecule has 0 saturated carbocycles. The molecular weight excluding hydrogens is 406 g/mol. The zero-order chi connectivity index (χ0) is 21.8. The van der Waals surface area contributed by atoms with E-state index in [1.807, 2.05) is 38.1 Å². The molecule has 3 aromatic rings. The Kier molecular flexibility index (Phi) is 6.49. The molecule has 0 bridgehead atoms. The number of carbonyl (C=O) groups excluding carboxylic acids is 2. The van der Waals surface area contributed by atoms with Crippen LogP contribution in [0.5, 0.6) is 0 Å². The molecule has 0 fully saturated rings. The van der Waals surface area contributed by atoms with Gasteiger partial charge in [0.15, 0.2) is 0 Å². The van der Waals surface area contributed by atoms with Gasteiger partial charge in [0.2, 0.25) is 0 Å². The number of nitrogens with zero attached hydrogens (tertiary/aromatic N) is 1. The lowest BCUT2D eigenvalue weighted by Crippen LogP contribution is -2.43. The van der Waals surface area contributed by atoms with Crippen LogP contribution >= 0.6 is 11.3 Å². The second-order valence-corrected chi connectivity index (χ2v) is 8.98. The number of carbonyl (C=O) groups is 2. The van der Waals surface area contributed by atoms with Crippen LogP contribution in [0.15, 0.2) is 60.0 Å². The highest BCUT2D eigenvalue weighted by Crippen LogP contribution is 2.30. The Labute approximate surface area is 187 Å². The van der Waals surface area contributed by atoms with Crippen molar-refractivity contribution in [2.75, 3.05) is 18.4 Å². The van der Waals surface area contributed by atoms with Crippen LogP contribution in [0.3, 0.4) is 0 Å². The van der Waals surface area contributed by atoms with Gasteiger partial charge in [-0.3, -0.25) is 14.5 Å². The van der Waals surface area contributed by atoms with E-state index in [1.54, 1.807) is 11.3 Å². The maximum atomic E-state index is 12.5. The third-order valence-corrected chi connectivity index (χ3v) is 6.74. The van der Waals surface area contributed by atoms with Crippen molar-refractivity contribution in [2.45, 2.75) is 32.9 Å². The second kappa shape index (κ2) is 9.45. The standard InChI is InChI=1S/C25H27N3O2S/c1-17-9-10-21(18(2)14-17)27-25(30)24(29)26-15-22(23-8-5-13-31-23)28-12-11-19-6-3-4-7-20(19)16-28/h3-10,13-14,22H,11-12,15-16H2,1-2H3,(H,26,29)(H,27,30)/t22-/m0/s1. The molecule has 5 nitrogen and oxygen atoms in total. The number of hydrogen-bond donors (Lipinski definition) is 2. The minimum atomic E-state index is -0.638. The van der Waals surface area contributed by atoms with E-state index in [4.69, 9.17) is 0 Å². The van der Waals surface area contributed by atoms with Crippen molar-refractivity contribution in [1.82, 2.24) is 10.2 Å². The number of thiophene rings is 1. The van der Waals surface area contributed by atoms with Crippen molar-refractivity contribution in [3.63, 3.8) is 0 Å². The maximum Gasteiger partial charge on any atom is 0.313 e. The third kappa shape index (κ3) is 5.03. The summed E-state index contributed by atoms with van der Waals surface area (Å²) in [6.07, 6.45) is 0.985. The van der Waals surface area contributed by atoms with Gasteiger partial charge in [-0.25, -0.2) is 0 Å². The summed E-state index contributed by atoms with van der Waals surface area (Å²) < 4.78 is 0. The van der Waals surface area contributed by atoms with Gasteiger partial charge >= 0.3 is 11.8 Å². The minimum absolute atomic E-state index is 0.0335. The van der Waals surface area contributed by atoms with Gasteiger partial charge in [0.05, 0.1) is 6.04 Å². The highest BCUT2D eigenvalue weighted by atomic mass is 32.1. The highest BCUT2D eigenvalue weighted by molar-refractivity contribution is 7.10. The number of rotatable bonds is 5. The first kappa shape index (κ1) is 21.3. The molecule has 1 aromatic heterocycles. The van der Waals surface area contributed by atoms with Gasteiger partial charge in [-0.2, -0.15) is 0 Å². The largest absolute Gasteiger partial charge is 0.346 e. The summed E-state index contributed by atoms with van der Waals surface area (Å²) in [4.78, 5) is 28.6. The number of hydrogen-bond acceptors (Lipinski definition) is 4. The van der Waals surface area contributed by atoms with Crippen molar-refractivity contribution >= 4 is 28.8 Å². The minimum Gasteiger partial charge on any atom is -0.346 e. The smallest absolute Gasteiger partial charge is 0.313 e. The van der Waals surface area contributed by atoms with Crippen LogP contribution in [0.25, 0.3) is 0 Å². The molecule has 0 aliphatic carbocycles. The zero-order valence-electron chi connectivity index (χ0n) is 17.9. The van der Waals surface area contributed by atoms with Crippen LogP contribution in [0.2, 0.25) is 0 Å². The fourth-order valence-electron chi connectivity index (χ4n) is 4.08. The Morgan fingerprint density at radius 1 is 1.03 bits per heavy atom. The fraction of sp³-hybridized carbons (Fsp3) is 0.280. The lowest BCUT2D eigenvalue weighted by atomic mass is 9.98. The molecule has 2 heterocycles. The Morgan fingerprint density at radius 3 is 2.58 bits per heavy atom. The summed E-state index contributed by atoms with van der Waals surface area (Å²) in [6, 6.07) is 18.4. The Bertz CT molecular complexity index is 1080. The van der Waals surface area contributed by atoms with Crippen LogP contribution in [0.4, 0.5) is 5.69 Å². The Balaban J connectivity index is 1.42. The molecule has 31 heavy (non-hydrogen) atoms. The van der Waals surface area contributed by atoms with E-state index in [9.17, 15) is 9.59 Å². The van der Waals surface area contributed by atoms with Gasteiger partial charge in [-0.1, -0.05) is 48.0 Å². The van der Waals surface area contributed by atoms with E-state index in [1.165, 1.54) is 16.0 Å². The maximum absolute atomic E-state index is 12.5. The SMILES string of the molecule is Cc1ccc(NC(=O)C(=O)NC[C@@H](c2cccs2)N2CCc3ccccc3C2)c(C)c1. The number of nitrogens with one attached hydrogen (secondary N) is 2. The van der Waals surface area contributed by atoms with Gasteiger partial charge in [0.1, 0.15) is 0 Å². The summed E-state index contributed by atoms with van der Waals surface area (Å²) >= 11 is 1.68. The van der Waals surface area contributed by atoms with Gasteiger partial charge < -0.3 is 10.6 Å². The number of amides is 2. The molecule has 1 aliphatic rings. The molecule has 0 saturated heterocycles. The average molecular weight is 434 g/mol. The number of benzene rings is 2. The van der Waals surface area contributed by atoms with E-state index >= 15 is 0 Å². The molecule has 160 valence electrons. The van der Waals surface area contributed by atoms with E-state index in [2.05, 4.69) is 51.2 Å².